The van der Waals surface area contributed by atoms with Gasteiger partial charge in [0.2, 0.25) is 0 Å². The number of hydrogen-bond acceptors (Lipinski definition) is 4. The van der Waals surface area contributed by atoms with Gasteiger partial charge < -0.3 is 15.0 Å². The first-order valence-corrected chi connectivity index (χ1v) is 7.09. The van der Waals surface area contributed by atoms with Gasteiger partial charge in [0, 0.05) is 26.0 Å². The highest BCUT2D eigenvalue weighted by molar-refractivity contribution is 5.01. The van der Waals surface area contributed by atoms with Crippen molar-refractivity contribution in [1.82, 2.24) is 20.1 Å². The van der Waals surface area contributed by atoms with Gasteiger partial charge >= 0.3 is 0 Å². The fourth-order valence-electron chi connectivity index (χ4n) is 3.10. The van der Waals surface area contributed by atoms with E-state index in [1.165, 1.54) is 12.8 Å². The van der Waals surface area contributed by atoms with Crippen molar-refractivity contribution in [3.05, 3.63) is 11.6 Å². The van der Waals surface area contributed by atoms with E-state index >= 15 is 0 Å². The monoisotopic (exact) mass is 250 g/mol. The zero-order chi connectivity index (χ0) is 12.4. The number of hydrogen-bond donors (Lipinski definition) is 2. The maximum absolute atomic E-state index is 9.22. The Morgan fingerprint density at radius 1 is 1.17 bits per heavy atom. The van der Waals surface area contributed by atoms with Crippen LogP contribution in [0.4, 0.5) is 0 Å². The lowest BCUT2D eigenvalue weighted by Gasteiger charge is -2.25. The molecule has 1 fully saturated rings. The summed E-state index contributed by atoms with van der Waals surface area (Å²) < 4.78 is 2.29. The first-order chi connectivity index (χ1) is 8.86. The van der Waals surface area contributed by atoms with Crippen molar-refractivity contribution in [2.75, 3.05) is 19.7 Å². The third-order valence-electron chi connectivity index (χ3n) is 4.32. The normalized spacial score (nSPS) is 25.1. The molecule has 1 aromatic heterocycles. The Labute approximate surface area is 108 Å². The minimum absolute atomic E-state index is 0.274. The maximum atomic E-state index is 9.22. The van der Waals surface area contributed by atoms with Gasteiger partial charge in [0.25, 0.3) is 0 Å². The van der Waals surface area contributed by atoms with Crippen molar-refractivity contribution in [3.63, 3.8) is 0 Å². The summed E-state index contributed by atoms with van der Waals surface area (Å²) in [4.78, 5) is 0. The van der Waals surface area contributed by atoms with Crippen molar-refractivity contribution < 1.29 is 5.11 Å². The Bertz CT molecular complexity index is 398. The number of piperidine rings is 1. The van der Waals surface area contributed by atoms with Crippen molar-refractivity contribution in [3.8, 4) is 0 Å². The predicted octanol–water partition coefficient (Wildman–Crippen LogP) is 0.375. The molecule has 5 nitrogen and oxygen atoms in total. The van der Waals surface area contributed by atoms with E-state index in [1.807, 2.05) is 0 Å². The molecule has 1 unspecified atom stereocenters. The zero-order valence-electron chi connectivity index (χ0n) is 10.8. The largest absolute Gasteiger partial charge is 0.396 e. The van der Waals surface area contributed by atoms with Gasteiger partial charge in [-0.2, -0.15) is 0 Å². The molecule has 3 heterocycles. The number of aliphatic hydroxyl groups is 1. The second-order valence-electron chi connectivity index (χ2n) is 5.62. The van der Waals surface area contributed by atoms with Crippen LogP contribution in [0.15, 0.2) is 0 Å². The highest BCUT2D eigenvalue weighted by Gasteiger charge is 2.24. The van der Waals surface area contributed by atoms with Crippen LogP contribution in [0.25, 0.3) is 0 Å². The molecule has 18 heavy (non-hydrogen) atoms. The lowest BCUT2D eigenvalue weighted by atomic mass is 9.94. The molecule has 0 bridgehead atoms. The van der Waals surface area contributed by atoms with Crippen molar-refractivity contribution in [1.29, 1.82) is 0 Å². The average molecular weight is 250 g/mol. The van der Waals surface area contributed by atoms with Gasteiger partial charge in [-0.1, -0.05) is 0 Å². The highest BCUT2D eigenvalue weighted by atomic mass is 16.3. The Morgan fingerprint density at radius 3 is 2.78 bits per heavy atom. The highest BCUT2D eigenvalue weighted by Crippen LogP contribution is 2.23. The van der Waals surface area contributed by atoms with Crippen LogP contribution in [0.3, 0.4) is 0 Å². The van der Waals surface area contributed by atoms with Crippen LogP contribution >= 0.6 is 0 Å². The van der Waals surface area contributed by atoms with Gasteiger partial charge in [0.15, 0.2) is 0 Å². The summed E-state index contributed by atoms with van der Waals surface area (Å²) in [5.41, 5.74) is 0. The van der Waals surface area contributed by atoms with Crippen molar-refractivity contribution >= 4 is 0 Å². The molecule has 100 valence electrons. The van der Waals surface area contributed by atoms with E-state index < -0.39 is 0 Å². The van der Waals surface area contributed by atoms with Crippen LogP contribution in [0, 0.1) is 11.8 Å². The third kappa shape index (κ3) is 2.42. The fraction of sp³-hybridized carbons (Fsp3) is 0.846. The third-order valence-corrected chi connectivity index (χ3v) is 4.32. The van der Waals surface area contributed by atoms with Gasteiger partial charge in [0.1, 0.15) is 11.6 Å². The van der Waals surface area contributed by atoms with Crippen LogP contribution in [-0.2, 0) is 19.4 Å². The van der Waals surface area contributed by atoms with Crippen LogP contribution in [0.1, 0.15) is 30.9 Å². The Hall–Kier alpha value is -0.940. The summed E-state index contributed by atoms with van der Waals surface area (Å²) in [6.45, 7) is 3.53. The second kappa shape index (κ2) is 5.36. The molecule has 2 aliphatic heterocycles. The summed E-state index contributed by atoms with van der Waals surface area (Å²) in [5.74, 6) is 3.38. The van der Waals surface area contributed by atoms with Gasteiger partial charge in [0.05, 0.1) is 0 Å². The second-order valence-corrected chi connectivity index (χ2v) is 5.62. The number of aliphatic hydroxyl groups excluding tert-OH is 1. The standard InChI is InChI=1S/C13H22N4O/c18-9-11-3-6-17-12(15-16-13(17)8-11)7-10-1-4-14-5-2-10/h10-11,14,18H,1-9H2. The molecule has 0 spiro atoms. The smallest absolute Gasteiger partial charge is 0.133 e. The van der Waals surface area contributed by atoms with E-state index in [0.29, 0.717) is 5.92 Å². The van der Waals surface area contributed by atoms with Gasteiger partial charge in [-0.3, -0.25) is 0 Å². The van der Waals surface area contributed by atoms with E-state index in [9.17, 15) is 5.11 Å². The fourth-order valence-corrected chi connectivity index (χ4v) is 3.10. The van der Waals surface area contributed by atoms with Crippen molar-refractivity contribution in [2.24, 2.45) is 11.8 Å². The van der Waals surface area contributed by atoms with Crippen LogP contribution in [0.5, 0.6) is 0 Å². The van der Waals surface area contributed by atoms with Crippen molar-refractivity contribution in [2.45, 2.75) is 38.6 Å². The molecule has 0 radical (unpaired) electrons. The molecule has 0 amide bonds. The molecular formula is C13H22N4O. The Morgan fingerprint density at radius 2 is 2.00 bits per heavy atom. The molecule has 2 aliphatic rings. The first kappa shape index (κ1) is 12.1. The number of fused-ring (bicyclic) bond motifs is 1. The number of nitrogens with one attached hydrogen (secondary N) is 1. The molecule has 0 saturated carbocycles. The van der Waals surface area contributed by atoms with E-state index in [0.717, 1.165) is 56.5 Å². The maximum Gasteiger partial charge on any atom is 0.133 e. The quantitative estimate of drug-likeness (QED) is 0.814. The molecule has 5 heteroatoms. The summed E-state index contributed by atoms with van der Waals surface area (Å²) in [6, 6.07) is 0. The van der Waals surface area contributed by atoms with Gasteiger partial charge in [-0.25, -0.2) is 0 Å². The van der Waals surface area contributed by atoms with E-state index in [4.69, 9.17) is 0 Å². The molecule has 0 aromatic carbocycles. The minimum atomic E-state index is 0.274. The van der Waals surface area contributed by atoms with Gasteiger partial charge in [-0.05, 0) is 44.2 Å². The molecule has 2 N–H and O–H groups in total. The summed E-state index contributed by atoms with van der Waals surface area (Å²) in [7, 11) is 0. The Balaban J connectivity index is 1.68. The average Bonchev–Trinajstić information content (AvgIpc) is 2.82. The summed E-state index contributed by atoms with van der Waals surface area (Å²) in [5, 5.41) is 21.3. The summed E-state index contributed by atoms with van der Waals surface area (Å²) in [6.07, 6.45) is 5.51. The minimum Gasteiger partial charge on any atom is -0.396 e. The van der Waals surface area contributed by atoms with Gasteiger partial charge in [-0.15, -0.1) is 10.2 Å². The molecule has 1 aromatic rings. The topological polar surface area (TPSA) is 63.0 Å². The number of nitrogens with zero attached hydrogens (tertiary/aromatic N) is 3. The number of rotatable bonds is 3. The zero-order valence-corrected chi connectivity index (χ0v) is 10.8. The molecule has 0 aliphatic carbocycles. The summed E-state index contributed by atoms with van der Waals surface area (Å²) >= 11 is 0. The van der Waals surface area contributed by atoms with E-state index in [-0.39, 0.29) is 6.61 Å². The molecule has 1 atom stereocenters. The predicted molar refractivity (Wildman–Crippen MR) is 68.2 cm³/mol. The SMILES string of the molecule is OCC1CCn2c(nnc2CC2CCNCC2)C1. The lowest BCUT2D eigenvalue weighted by molar-refractivity contribution is 0.198. The molecule has 1 saturated heterocycles. The van der Waals surface area contributed by atoms with E-state index in [2.05, 4.69) is 20.1 Å². The Kier molecular flexibility index (Phi) is 3.61. The van der Waals surface area contributed by atoms with Crippen LogP contribution in [0.2, 0.25) is 0 Å². The van der Waals surface area contributed by atoms with E-state index in [1.54, 1.807) is 0 Å². The van der Waals surface area contributed by atoms with Crippen LogP contribution < -0.4 is 5.32 Å². The van der Waals surface area contributed by atoms with Crippen LogP contribution in [-0.4, -0.2) is 39.6 Å². The number of aromatic nitrogens is 3. The lowest BCUT2D eigenvalue weighted by Crippen LogP contribution is -2.30. The first-order valence-electron chi connectivity index (χ1n) is 7.09. The molecule has 3 rings (SSSR count). The molecular weight excluding hydrogens is 228 g/mol.